The summed E-state index contributed by atoms with van der Waals surface area (Å²) in [6, 6.07) is 0. The predicted molar refractivity (Wildman–Crippen MR) is 82.1 cm³/mol. The SMILES string of the molecule is CCOC(=O)c1coc(CN=[N+]=[N-])c1CP(=O)(OCC)OCC. The Kier molecular flexibility index (Phi) is 7.85. The molecule has 10 heteroatoms. The molecule has 1 aromatic heterocycles. The molecule has 1 rings (SSSR count). The third-order valence-electron chi connectivity index (χ3n) is 2.76. The van der Waals surface area contributed by atoms with Crippen LogP contribution in [0.25, 0.3) is 10.4 Å². The Hall–Kier alpha value is -1.79. The van der Waals surface area contributed by atoms with Crippen molar-refractivity contribution in [1.82, 2.24) is 0 Å². The molecule has 0 saturated heterocycles. The summed E-state index contributed by atoms with van der Waals surface area (Å²) in [7, 11) is -3.46. The first-order valence-electron chi connectivity index (χ1n) is 7.16. The smallest absolute Gasteiger partial charge is 0.341 e. The largest absolute Gasteiger partial charge is 0.468 e. The van der Waals surface area contributed by atoms with Gasteiger partial charge in [0.25, 0.3) is 0 Å². The lowest BCUT2D eigenvalue weighted by molar-refractivity contribution is 0.0524. The second-order valence-electron chi connectivity index (χ2n) is 4.27. The van der Waals surface area contributed by atoms with Crippen molar-refractivity contribution in [2.75, 3.05) is 19.8 Å². The summed E-state index contributed by atoms with van der Waals surface area (Å²) in [5, 5.41) is 3.41. The second kappa shape index (κ2) is 9.37. The van der Waals surface area contributed by atoms with E-state index in [4.69, 9.17) is 23.7 Å². The average Bonchev–Trinajstić information content (AvgIpc) is 2.88. The van der Waals surface area contributed by atoms with E-state index in [1.54, 1.807) is 20.8 Å². The number of rotatable bonds is 10. The van der Waals surface area contributed by atoms with Crippen molar-refractivity contribution in [3.05, 3.63) is 33.6 Å². The molecule has 23 heavy (non-hydrogen) atoms. The molecular weight excluding hydrogens is 325 g/mol. The van der Waals surface area contributed by atoms with Gasteiger partial charge in [-0.2, -0.15) is 0 Å². The molecule has 9 nitrogen and oxygen atoms in total. The van der Waals surface area contributed by atoms with Crippen molar-refractivity contribution in [2.24, 2.45) is 5.11 Å². The number of ether oxygens (including phenoxy) is 1. The maximum absolute atomic E-state index is 12.7. The molecule has 0 radical (unpaired) electrons. The molecule has 0 aromatic carbocycles. The lowest BCUT2D eigenvalue weighted by Crippen LogP contribution is -2.08. The zero-order chi connectivity index (χ0) is 17.3. The Balaban J connectivity index is 3.22. The first kappa shape index (κ1) is 19.3. The zero-order valence-electron chi connectivity index (χ0n) is 13.4. The monoisotopic (exact) mass is 345 g/mol. The van der Waals surface area contributed by atoms with E-state index in [1.807, 2.05) is 0 Å². The molecule has 0 atom stereocenters. The summed E-state index contributed by atoms with van der Waals surface area (Å²) in [4.78, 5) is 14.6. The summed E-state index contributed by atoms with van der Waals surface area (Å²) in [6.45, 7) is 5.49. The third-order valence-corrected chi connectivity index (χ3v) is 4.76. The molecule has 0 amide bonds. The highest BCUT2D eigenvalue weighted by molar-refractivity contribution is 7.53. The van der Waals surface area contributed by atoms with Gasteiger partial charge >= 0.3 is 13.6 Å². The van der Waals surface area contributed by atoms with Crippen LogP contribution in [0.4, 0.5) is 0 Å². The molecule has 0 N–H and O–H groups in total. The molecule has 0 saturated carbocycles. The Labute approximate surface area is 134 Å². The van der Waals surface area contributed by atoms with Crippen LogP contribution in [0.15, 0.2) is 15.8 Å². The van der Waals surface area contributed by atoms with E-state index in [-0.39, 0.29) is 43.9 Å². The number of azide groups is 1. The first-order chi connectivity index (χ1) is 11.0. The topological polar surface area (TPSA) is 124 Å². The number of nitrogens with zero attached hydrogens (tertiary/aromatic N) is 3. The molecule has 1 heterocycles. The van der Waals surface area contributed by atoms with E-state index < -0.39 is 13.6 Å². The molecule has 1 aromatic rings. The molecular formula is C13H20N3O6P. The number of carbonyl (C=O) groups excluding carboxylic acids is 1. The van der Waals surface area contributed by atoms with Gasteiger partial charge in [0.1, 0.15) is 17.6 Å². The van der Waals surface area contributed by atoms with Crippen molar-refractivity contribution in [2.45, 2.75) is 33.5 Å². The summed E-state index contributed by atoms with van der Waals surface area (Å²) in [5.41, 5.74) is 8.87. The summed E-state index contributed by atoms with van der Waals surface area (Å²) < 4.78 is 33.4. The number of hydrogen-bond acceptors (Lipinski definition) is 7. The van der Waals surface area contributed by atoms with Crippen LogP contribution >= 0.6 is 7.60 Å². The summed E-state index contributed by atoms with van der Waals surface area (Å²) in [6.07, 6.45) is 1.02. The minimum Gasteiger partial charge on any atom is -0.468 e. The van der Waals surface area contributed by atoms with E-state index in [2.05, 4.69) is 10.0 Å². The van der Waals surface area contributed by atoms with Crippen LogP contribution in [0.5, 0.6) is 0 Å². The minimum atomic E-state index is -3.46. The standard InChI is InChI=1S/C13H20N3O6P/c1-4-19-13(17)10-8-20-12(7-15-16-14)11(10)9-23(18,21-5-2)22-6-3/h8H,4-7,9H2,1-3H3. The molecule has 0 unspecified atom stereocenters. The predicted octanol–water partition coefficient (Wildman–Crippen LogP) is 4.03. The van der Waals surface area contributed by atoms with E-state index in [1.165, 1.54) is 6.26 Å². The van der Waals surface area contributed by atoms with Crippen LogP contribution < -0.4 is 0 Å². The lowest BCUT2D eigenvalue weighted by atomic mass is 10.1. The molecule has 0 aliphatic rings. The number of furan rings is 1. The van der Waals surface area contributed by atoms with Crippen LogP contribution in [-0.4, -0.2) is 25.8 Å². The fourth-order valence-corrected chi connectivity index (χ4v) is 3.70. The molecule has 0 fully saturated rings. The average molecular weight is 345 g/mol. The van der Waals surface area contributed by atoms with Gasteiger partial charge in [0, 0.05) is 10.5 Å². The van der Waals surface area contributed by atoms with Crippen LogP contribution in [0, 0.1) is 0 Å². The van der Waals surface area contributed by atoms with Crippen molar-refractivity contribution in [3.8, 4) is 0 Å². The van der Waals surface area contributed by atoms with Gasteiger partial charge in [0.2, 0.25) is 0 Å². The maximum atomic E-state index is 12.7. The van der Waals surface area contributed by atoms with Gasteiger partial charge in [-0.3, -0.25) is 4.57 Å². The van der Waals surface area contributed by atoms with Gasteiger partial charge in [-0.15, -0.1) is 0 Å². The molecule has 0 bridgehead atoms. The van der Waals surface area contributed by atoms with Crippen LogP contribution in [0.2, 0.25) is 0 Å². The van der Waals surface area contributed by atoms with Gasteiger partial charge in [-0.1, -0.05) is 5.11 Å². The van der Waals surface area contributed by atoms with Crippen molar-refractivity contribution < 1.29 is 27.6 Å². The second-order valence-corrected chi connectivity index (χ2v) is 6.32. The number of esters is 1. The highest BCUT2D eigenvalue weighted by Gasteiger charge is 2.31. The van der Waals surface area contributed by atoms with Gasteiger partial charge in [-0.25, -0.2) is 4.79 Å². The summed E-state index contributed by atoms with van der Waals surface area (Å²) in [5.74, 6) is -0.386. The van der Waals surface area contributed by atoms with E-state index >= 15 is 0 Å². The maximum Gasteiger partial charge on any atom is 0.341 e. The highest BCUT2D eigenvalue weighted by atomic mass is 31.2. The third kappa shape index (κ3) is 5.41. The Morgan fingerprint density at radius 2 is 1.96 bits per heavy atom. The quantitative estimate of drug-likeness (QED) is 0.207. The number of carbonyl (C=O) groups is 1. The van der Waals surface area contributed by atoms with E-state index in [0.29, 0.717) is 5.56 Å². The Bertz CT molecular complexity index is 613. The fraction of sp³-hybridized carbons (Fsp3) is 0.615. The van der Waals surface area contributed by atoms with Crippen LogP contribution in [0.1, 0.15) is 42.5 Å². The Morgan fingerprint density at radius 3 is 2.48 bits per heavy atom. The van der Waals surface area contributed by atoms with Crippen molar-refractivity contribution >= 4 is 13.6 Å². The normalized spacial score (nSPS) is 11.1. The fourth-order valence-electron chi connectivity index (χ4n) is 1.92. The van der Waals surface area contributed by atoms with Gasteiger partial charge < -0.3 is 18.2 Å². The van der Waals surface area contributed by atoms with Crippen molar-refractivity contribution in [1.29, 1.82) is 0 Å². The Morgan fingerprint density at radius 1 is 1.30 bits per heavy atom. The van der Waals surface area contributed by atoms with Crippen LogP contribution in [0.3, 0.4) is 0 Å². The zero-order valence-corrected chi connectivity index (χ0v) is 14.2. The molecule has 0 aliphatic carbocycles. The van der Waals surface area contributed by atoms with E-state index in [0.717, 1.165) is 0 Å². The van der Waals surface area contributed by atoms with Crippen molar-refractivity contribution in [3.63, 3.8) is 0 Å². The van der Waals surface area contributed by atoms with Gasteiger partial charge in [0.05, 0.1) is 32.5 Å². The van der Waals surface area contributed by atoms with Gasteiger partial charge in [-0.05, 0) is 26.3 Å². The summed E-state index contributed by atoms with van der Waals surface area (Å²) >= 11 is 0. The minimum absolute atomic E-state index is 0.120. The lowest BCUT2D eigenvalue weighted by Gasteiger charge is -2.17. The van der Waals surface area contributed by atoms with Crippen LogP contribution in [-0.2, 0) is 31.1 Å². The van der Waals surface area contributed by atoms with E-state index in [9.17, 15) is 9.36 Å². The van der Waals surface area contributed by atoms with Gasteiger partial charge in [0.15, 0.2) is 0 Å². The number of hydrogen-bond donors (Lipinski definition) is 0. The molecule has 0 aliphatic heterocycles. The first-order valence-corrected chi connectivity index (χ1v) is 8.89. The molecule has 0 spiro atoms. The highest BCUT2D eigenvalue weighted by Crippen LogP contribution is 2.52. The molecule has 128 valence electrons.